The van der Waals surface area contributed by atoms with Gasteiger partial charge in [0.25, 0.3) is 0 Å². The molecule has 19 heavy (non-hydrogen) atoms. The SMILES string of the molecule is COCC(C)N[C@H]1CCO[C@@H]1c1ccnn1C(C)C. The van der Waals surface area contributed by atoms with E-state index < -0.39 is 0 Å². The third-order valence-electron chi connectivity index (χ3n) is 3.49. The zero-order valence-electron chi connectivity index (χ0n) is 12.3. The van der Waals surface area contributed by atoms with Gasteiger partial charge in [0, 0.05) is 38.0 Å². The maximum atomic E-state index is 5.92. The first-order chi connectivity index (χ1) is 9.13. The van der Waals surface area contributed by atoms with Crippen molar-refractivity contribution in [3.05, 3.63) is 18.0 Å². The fraction of sp³-hybridized carbons (Fsp3) is 0.786. The summed E-state index contributed by atoms with van der Waals surface area (Å²) >= 11 is 0. The second kappa shape index (κ2) is 6.50. The molecule has 0 amide bonds. The molecule has 0 bridgehead atoms. The van der Waals surface area contributed by atoms with Gasteiger partial charge in [-0.05, 0) is 33.3 Å². The molecule has 1 aromatic rings. The third kappa shape index (κ3) is 3.35. The Morgan fingerprint density at radius 3 is 3.00 bits per heavy atom. The molecule has 0 radical (unpaired) electrons. The Morgan fingerprint density at radius 2 is 2.32 bits per heavy atom. The van der Waals surface area contributed by atoms with E-state index in [0.29, 0.717) is 24.7 Å². The van der Waals surface area contributed by atoms with Gasteiger partial charge in [-0.3, -0.25) is 4.68 Å². The first kappa shape index (κ1) is 14.5. The maximum Gasteiger partial charge on any atom is 0.114 e. The second-order valence-corrected chi connectivity index (χ2v) is 5.50. The van der Waals surface area contributed by atoms with Crippen LogP contribution in [-0.2, 0) is 9.47 Å². The van der Waals surface area contributed by atoms with Gasteiger partial charge < -0.3 is 14.8 Å². The number of nitrogens with one attached hydrogen (secondary N) is 1. The molecule has 1 unspecified atom stereocenters. The smallest absolute Gasteiger partial charge is 0.114 e. The van der Waals surface area contributed by atoms with E-state index in [0.717, 1.165) is 18.7 Å². The van der Waals surface area contributed by atoms with Gasteiger partial charge in [-0.15, -0.1) is 0 Å². The predicted octanol–water partition coefficient (Wildman–Crippen LogP) is 1.92. The molecule has 1 aliphatic heterocycles. The minimum atomic E-state index is 0.0872. The molecule has 108 valence electrons. The van der Waals surface area contributed by atoms with Gasteiger partial charge in [-0.2, -0.15) is 5.10 Å². The second-order valence-electron chi connectivity index (χ2n) is 5.50. The van der Waals surface area contributed by atoms with E-state index in [2.05, 4.69) is 37.3 Å². The molecule has 0 saturated carbocycles. The first-order valence-corrected chi connectivity index (χ1v) is 7.03. The molecule has 5 nitrogen and oxygen atoms in total. The molecular formula is C14H25N3O2. The summed E-state index contributed by atoms with van der Waals surface area (Å²) in [6.07, 6.45) is 2.97. The predicted molar refractivity (Wildman–Crippen MR) is 74.2 cm³/mol. The lowest BCUT2D eigenvalue weighted by Gasteiger charge is -2.25. The van der Waals surface area contributed by atoms with Gasteiger partial charge in [-0.25, -0.2) is 0 Å². The van der Waals surface area contributed by atoms with E-state index in [4.69, 9.17) is 9.47 Å². The number of hydrogen-bond donors (Lipinski definition) is 1. The molecule has 1 fully saturated rings. The summed E-state index contributed by atoms with van der Waals surface area (Å²) in [7, 11) is 1.73. The van der Waals surface area contributed by atoms with Crippen molar-refractivity contribution >= 4 is 0 Å². The van der Waals surface area contributed by atoms with E-state index in [1.807, 2.05) is 10.9 Å². The van der Waals surface area contributed by atoms with Gasteiger partial charge in [0.15, 0.2) is 0 Å². The highest BCUT2D eigenvalue weighted by atomic mass is 16.5. The summed E-state index contributed by atoms with van der Waals surface area (Å²) in [6, 6.07) is 3.08. The van der Waals surface area contributed by atoms with Crippen molar-refractivity contribution in [2.45, 2.75) is 51.4 Å². The molecule has 0 aliphatic carbocycles. The monoisotopic (exact) mass is 267 g/mol. The van der Waals surface area contributed by atoms with Crippen LogP contribution < -0.4 is 5.32 Å². The highest BCUT2D eigenvalue weighted by Gasteiger charge is 2.33. The summed E-state index contributed by atoms with van der Waals surface area (Å²) in [5.41, 5.74) is 1.16. The van der Waals surface area contributed by atoms with Crippen molar-refractivity contribution in [3.8, 4) is 0 Å². The van der Waals surface area contributed by atoms with Gasteiger partial charge in [0.05, 0.1) is 12.3 Å². The van der Waals surface area contributed by atoms with Crippen LogP contribution in [0.2, 0.25) is 0 Å². The van der Waals surface area contributed by atoms with Gasteiger partial charge in [-0.1, -0.05) is 0 Å². The molecule has 1 aliphatic rings. The van der Waals surface area contributed by atoms with Crippen LogP contribution in [0.15, 0.2) is 12.3 Å². The van der Waals surface area contributed by atoms with E-state index in [1.165, 1.54) is 0 Å². The number of ether oxygens (including phenoxy) is 2. The molecule has 0 spiro atoms. The summed E-state index contributed by atoms with van der Waals surface area (Å²) < 4.78 is 13.1. The first-order valence-electron chi connectivity index (χ1n) is 7.03. The number of methoxy groups -OCH3 is 1. The Labute approximate surface area is 115 Å². The van der Waals surface area contributed by atoms with Crippen LogP contribution >= 0.6 is 0 Å². The summed E-state index contributed by atoms with van der Waals surface area (Å²) in [5, 5.41) is 7.99. The molecule has 1 N–H and O–H groups in total. The van der Waals surface area contributed by atoms with Crippen LogP contribution in [-0.4, -0.2) is 42.2 Å². The minimum absolute atomic E-state index is 0.0872. The minimum Gasteiger partial charge on any atom is -0.383 e. The van der Waals surface area contributed by atoms with E-state index in [1.54, 1.807) is 7.11 Å². The van der Waals surface area contributed by atoms with Gasteiger partial charge in [0.1, 0.15) is 6.10 Å². The van der Waals surface area contributed by atoms with Crippen LogP contribution in [0.4, 0.5) is 0 Å². The van der Waals surface area contributed by atoms with Crippen LogP contribution in [0.3, 0.4) is 0 Å². The summed E-state index contributed by atoms with van der Waals surface area (Å²) in [4.78, 5) is 0. The molecule has 5 heteroatoms. The Balaban J connectivity index is 2.07. The normalized spacial score (nSPS) is 25.1. The number of rotatable bonds is 6. The van der Waals surface area contributed by atoms with Crippen molar-refractivity contribution < 1.29 is 9.47 Å². The standard InChI is InChI=1S/C14H25N3O2/c1-10(2)17-13(5-7-15-17)14-12(6-8-19-14)16-11(3)9-18-4/h5,7,10-12,14,16H,6,8-9H2,1-4H3/t11?,12-,14-/m0/s1. The molecular weight excluding hydrogens is 242 g/mol. The Morgan fingerprint density at radius 1 is 1.53 bits per heavy atom. The average Bonchev–Trinajstić information content (AvgIpc) is 2.96. The fourth-order valence-corrected chi connectivity index (χ4v) is 2.70. The van der Waals surface area contributed by atoms with Crippen LogP contribution in [0.25, 0.3) is 0 Å². The summed E-state index contributed by atoms with van der Waals surface area (Å²) in [6.45, 7) is 7.93. The van der Waals surface area contributed by atoms with Crippen molar-refractivity contribution in [1.29, 1.82) is 0 Å². The highest BCUT2D eigenvalue weighted by molar-refractivity contribution is 5.10. The Hall–Kier alpha value is -0.910. The molecule has 0 aromatic carbocycles. The molecule has 2 heterocycles. The van der Waals surface area contributed by atoms with Gasteiger partial charge in [0.2, 0.25) is 0 Å². The lowest BCUT2D eigenvalue weighted by molar-refractivity contribution is 0.0835. The van der Waals surface area contributed by atoms with Crippen molar-refractivity contribution in [2.24, 2.45) is 0 Å². The fourth-order valence-electron chi connectivity index (χ4n) is 2.70. The zero-order valence-corrected chi connectivity index (χ0v) is 12.3. The van der Waals surface area contributed by atoms with Gasteiger partial charge >= 0.3 is 0 Å². The third-order valence-corrected chi connectivity index (χ3v) is 3.49. The number of nitrogens with zero attached hydrogens (tertiary/aromatic N) is 2. The van der Waals surface area contributed by atoms with E-state index in [-0.39, 0.29) is 6.10 Å². The quantitative estimate of drug-likeness (QED) is 0.855. The van der Waals surface area contributed by atoms with E-state index in [9.17, 15) is 0 Å². The maximum absolute atomic E-state index is 5.92. The van der Waals surface area contributed by atoms with E-state index >= 15 is 0 Å². The molecule has 3 atom stereocenters. The van der Waals surface area contributed by atoms with Crippen molar-refractivity contribution in [3.63, 3.8) is 0 Å². The molecule has 2 rings (SSSR count). The molecule has 1 aromatic heterocycles. The summed E-state index contributed by atoms with van der Waals surface area (Å²) in [5.74, 6) is 0. The largest absolute Gasteiger partial charge is 0.383 e. The Kier molecular flexibility index (Phi) is 4.96. The number of aromatic nitrogens is 2. The Bertz CT molecular complexity index is 392. The number of hydrogen-bond acceptors (Lipinski definition) is 4. The lowest BCUT2D eigenvalue weighted by Crippen LogP contribution is -2.41. The van der Waals surface area contributed by atoms with Crippen LogP contribution in [0.5, 0.6) is 0 Å². The average molecular weight is 267 g/mol. The molecule has 1 saturated heterocycles. The zero-order chi connectivity index (χ0) is 13.8. The van der Waals surface area contributed by atoms with Crippen LogP contribution in [0.1, 0.15) is 45.0 Å². The lowest BCUT2D eigenvalue weighted by atomic mass is 10.1. The van der Waals surface area contributed by atoms with Crippen molar-refractivity contribution in [1.82, 2.24) is 15.1 Å². The van der Waals surface area contributed by atoms with Crippen LogP contribution in [0, 0.1) is 0 Å². The highest BCUT2D eigenvalue weighted by Crippen LogP contribution is 2.30. The van der Waals surface area contributed by atoms with Crippen molar-refractivity contribution in [2.75, 3.05) is 20.3 Å². The topological polar surface area (TPSA) is 48.3 Å².